The smallest absolute Gasteiger partial charge is 0.137 e. The number of ether oxygens (including phenoxy) is 1. The number of nitrogens with two attached hydrogens (primary N) is 1. The Morgan fingerprint density at radius 2 is 1.89 bits per heavy atom. The highest BCUT2D eigenvalue weighted by Crippen LogP contribution is 2.46. The van der Waals surface area contributed by atoms with Crippen LogP contribution < -0.4 is 10.5 Å². The van der Waals surface area contributed by atoms with E-state index in [2.05, 4.69) is 35.8 Å². The topological polar surface area (TPSA) is 35.2 Å². The zero-order valence-corrected chi connectivity index (χ0v) is 13.8. The molecule has 1 aliphatic rings. The Kier molecular flexibility index (Phi) is 4.57. The lowest BCUT2D eigenvalue weighted by atomic mass is 9.68. The molecule has 1 fully saturated rings. The lowest BCUT2D eigenvalue weighted by Crippen LogP contribution is -2.37. The van der Waals surface area contributed by atoms with Gasteiger partial charge in [-0.3, -0.25) is 0 Å². The molecule has 1 aliphatic carbocycles. The van der Waals surface area contributed by atoms with E-state index in [1.807, 2.05) is 0 Å². The molecule has 0 atom stereocenters. The molecule has 2 rings (SSSR count). The van der Waals surface area contributed by atoms with Crippen molar-refractivity contribution in [2.24, 2.45) is 5.73 Å². The van der Waals surface area contributed by atoms with Gasteiger partial charge in [0.1, 0.15) is 5.75 Å². The average molecular weight is 326 g/mol. The first kappa shape index (κ1) is 14.9. The highest BCUT2D eigenvalue weighted by molar-refractivity contribution is 9.10. The fourth-order valence-corrected chi connectivity index (χ4v) is 3.95. The van der Waals surface area contributed by atoms with Gasteiger partial charge in [0.2, 0.25) is 0 Å². The number of methoxy groups -OCH3 is 1. The van der Waals surface area contributed by atoms with Gasteiger partial charge < -0.3 is 10.5 Å². The Hall–Kier alpha value is -0.540. The quantitative estimate of drug-likeness (QED) is 0.902. The summed E-state index contributed by atoms with van der Waals surface area (Å²) in [7, 11) is 1.76. The van der Waals surface area contributed by atoms with E-state index in [9.17, 15) is 0 Å². The molecule has 0 aromatic heterocycles. The third-order valence-corrected chi connectivity index (χ3v) is 5.66. The Bertz CT molecular complexity index is 464. The van der Waals surface area contributed by atoms with Crippen LogP contribution in [0.5, 0.6) is 5.75 Å². The minimum Gasteiger partial charge on any atom is -0.495 e. The second-order valence-corrected chi connectivity index (χ2v) is 6.55. The number of benzene rings is 1. The van der Waals surface area contributed by atoms with Gasteiger partial charge in [-0.25, -0.2) is 0 Å². The Balaban J connectivity index is 2.59. The van der Waals surface area contributed by atoms with Gasteiger partial charge in [0, 0.05) is 17.5 Å². The molecule has 2 nitrogen and oxygen atoms in total. The van der Waals surface area contributed by atoms with Crippen LogP contribution in [0.15, 0.2) is 10.5 Å². The van der Waals surface area contributed by atoms with Crippen molar-refractivity contribution >= 4 is 15.9 Å². The second kappa shape index (κ2) is 5.84. The van der Waals surface area contributed by atoms with E-state index in [0.29, 0.717) is 6.54 Å². The maximum atomic E-state index is 6.16. The summed E-state index contributed by atoms with van der Waals surface area (Å²) < 4.78 is 6.78. The standard InChI is InChI=1S/C16H24BrNO/c1-11-9-13(15(19-3)14(17)12(11)2)16(10-18)7-5-4-6-8-16/h9H,4-8,10,18H2,1-3H3. The predicted molar refractivity (Wildman–Crippen MR) is 84.0 cm³/mol. The van der Waals surface area contributed by atoms with Gasteiger partial charge in [0.05, 0.1) is 11.6 Å². The van der Waals surface area contributed by atoms with E-state index < -0.39 is 0 Å². The van der Waals surface area contributed by atoms with Crippen LogP contribution >= 0.6 is 15.9 Å². The predicted octanol–water partition coefficient (Wildman–Crippen LogP) is 4.24. The van der Waals surface area contributed by atoms with E-state index >= 15 is 0 Å². The van der Waals surface area contributed by atoms with Gasteiger partial charge in [0.25, 0.3) is 0 Å². The van der Waals surface area contributed by atoms with Gasteiger partial charge in [-0.2, -0.15) is 0 Å². The molecule has 1 aromatic rings. The molecular weight excluding hydrogens is 302 g/mol. The van der Waals surface area contributed by atoms with E-state index in [1.54, 1.807) is 7.11 Å². The normalized spacial score (nSPS) is 18.4. The van der Waals surface area contributed by atoms with Gasteiger partial charge >= 0.3 is 0 Å². The molecular formula is C16H24BrNO. The summed E-state index contributed by atoms with van der Waals surface area (Å²) in [5.41, 5.74) is 10.1. The van der Waals surface area contributed by atoms with Crippen LogP contribution in [0.2, 0.25) is 0 Å². The third kappa shape index (κ3) is 2.55. The lowest BCUT2D eigenvalue weighted by molar-refractivity contribution is 0.287. The summed E-state index contributed by atoms with van der Waals surface area (Å²) in [6.07, 6.45) is 6.22. The second-order valence-electron chi connectivity index (χ2n) is 5.76. The number of rotatable bonds is 3. The molecule has 1 saturated carbocycles. The molecule has 3 heteroatoms. The Morgan fingerprint density at radius 1 is 1.26 bits per heavy atom. The Morgan fingerprint density at radius 3 is 2.42 bits per heavy atom. The van der Waals surface area contributed by atoms with Gasteiger partial charge in [0.15, 0.2) is 0 Å². The molecule has 19 heavy (non-hydrogen) atoms. The van der Waals surface area contributed by atoms with Crippen molar-refractivity contribution in [1.82, 2.24) is 0 Å². The van der Waals surface area contributed by atoms with E-state index in [-0.39, 0.29) is 5.41 Å². The molecule has 0 spiro atoms. The number of hydrogen-bond acceptors (Lipinski definition) is 2. The van der Waals surface area contributed by atoms with Crippen LogP contribution in [0.4, 0.5) is 0 Å². The molecule has 0 saturated heterocycles. The largest absolute Gasteiger partial charge is 0.495 e. The van der Waals surface area contributed by atoms with Crippen LogP contribution in [-0.2, 0) is 5.41 Å². The van der Waals surface area contributed by atoms with E-state index in [0.717, 1.165) is 10.2 Å². The molecule has 0 unspecified atom stereocenters. The zero-order chi connectivity index (χ0) is 14.0. The third-order valence-electron chi connectivity index (χ3n) is 4.70. The first-order chi connectivity index (χ1) is 9.05. The zero-order valence-electron chi connectivity index (χ0n) is 12.2. The van der Waals surface area contributed by atoms with Gasteiger partial charge in [-0.1, -0.05) is 25.3 Å². The van der Waals surface area contributed by atoms with Crippen LogP contribution in [0.1, 0.15) is 48.8 Å². The highest BCUT2D eigenvalue weighted by Gasteiger charge is 2.36. The summed E-state index contributed by atoms with van der Waals surface area (Å²) in [4.78, 5) is 0. The van der Waals surface area contributed by atoms with Crippen molar-refractivity contribution in [3.8, 4) is 5.75 Å². The minimum atomic E-state index is 0.102. The molecule has 2 N–H and O–H groups in total. The van der Waals surface area contributed by atoms with Crippen LogP contribution in [0, 0.1) is 13.8 Å². The van der Waals surface area contributed by atoms with Crippen LogP contribution in [0.25, 0.3) is 0 Å². The van der Waals surface area contributed by atoms with E-state index in [1.165, 1.54) is 48.8 Å². The lowest BCUT2D eigenvalue weighted by Gasteiger charge is -2.38. The molecule has 106 valence electrons. The summed E-state index contributed by atoms with van der Waals surface area (Å²) in [5, 5.41) is 0. The maximum Gasteiger partial charge on any atom is 0.137 e. The number of hydrogen-bond donors (Lipinski definition) is 1. The van der Waals surface area contributed by atoms with E-state index in [4.69, 9.17) is 10.5 Å². The Labute approximate surface area is 124 Å². The molecule has 0 aliphatic heterocycles. The van der Waals surface area contributed by atoms with Crippen LogP contribution in [-0.4, -0.2) is 13.7 Å². The highest BCUT2D eigenvalue weighted by atomic mass is 79.9. The molecule has 0 radical (unpaired) electrons. The van der Waals surface area contributed by atoms with Crippen molar-refractivity contribution in [3.63, 3.8) is 0 Å². The summed E-state index contributed by atoms with van der Waals surface area (Å²) in [6, 6.07) is 2.29. The number of aryl methyl sites for hydroxylation is 1. The number of halogens is 1. The van der Waals surface area contributed by atoms with Crippen molar-refractivity contribution in [2.75, 3.05) is 13.7 Å². The summed E-state index contributed by atoms with van der Waals surface area (Å²) >= 11 is 3.70. The monoisotopic (exact) mass is 325 g/mol. The molecule has 0 heterocycles. The molecule has 0 amide bonds. The van der Waals surface area contributed by atoms with Crippen molar-refractivity contribution in [3.05, 3.63) is 27.2 Å². The first-order valence-corrected chi connectivity index (χ1v) is 7.89. The van der Waals surface area contributed by atoms with Crippen LogP contribution in [0.3, 0.4) is 0 Å². The first-order valence-electron chi connectivity index (χ1n) is 7.10. The molecule has 0 bridgehead atoms. The molecule has 1 aromatic carbocycles. The fourth-order valence-electron chi connectivity index (χ4n) is 3.26. The minimum absolute atomic E-state index is 0.102. The van der Waals surface area contributed by atoms with Crippen molar-refractivity contribution < 1.29 is 4.74 Å². The fraction of sp³-hybridized carbons (Fsp3) is 0.625. The van der Waals surface area contributed by atoms with Gasteiger partial charge in [-0.15, -0.1) is 0 Å². The van der Waals surface area contributed by atoms with Crippen molar-refractivity contribution in [1.29, 1.82) is 0 Å². The SMILES string of the molecule is COc1c(C2(CN)CCCCC2)cc(C)c(C)c1Br. The average Bonchev–Trinajstić information content (AvgIpc) is 2.45. The van der Waals surface area contributed by atoms with Gasteiger partial charge in [-0.05, 0) is 53.7 Å². The van der Waals surface area contributed by atoms with Crippen molar-refractivity contribution in [2.45, 2.75) is 51.4 Å². The maximum absolute atomic E-state index is 6.16. The summed E-state index contributed by atoms with van der Waals surface area (Å²) in [6.45, 7) is 5.00. The summed E-state index contributed by atoms with van der Waals surface area (Å²) in [5.74, 6) is 0.982.